The second-order valence-electron chi connectivity index (χ2n) is 5.74. The Morgan fingerprint density at radius 1 is 1.26 bits per heavy atom. The zero-order valence-corrected chi connectivity index (χ0v) is 11.8. The molecule has 0 radical (unpaired) electrons. The van der Waals surface area contributed by atoms with Gasteiger partial charge in [-0.25, -0.2) is 0 Å². The molecule has 1 saturated carbocycles. The summed E-state index contributed by atoms with van der Waals surface area (Å²) in [6.07, 6.45) is 4.91. The number of hydrogen-bond donors (Lipinski definition) is 3. The normalized spacial score (nSPS) is 26.8. The Kier molecular flexibility index (Phi) is 4.80. The van der Waals surface area contributed by atoms with E-state index in [1.165, 1.54) is 0 Å². The van der Waals surface area contributed by atoms with Crippen LogP contribution < -0.4 is 16.0 Å². The smallest absolute Gasteiger partial charge is 0.227 e. The Morgan fingerprint density at radius 3 is 2.58 bits per heavy atom. The van der Waals surface area contributed by atoms with Gasteiger partial charge < -0.3 is 16.0 Å². The van der Waals surface area contributed by atoms with Crippen LogP contribution in [0, 0.1) is 11.3 Å². The minimum atomic E-state index is -0.251. The average molecular weight is 267 g/mol. The second kappa shape index (κ2) is 6.37. The Balaban J connectivity index is 1.68. The van der Waals surface area contributed by atoms with Gasteiger partial charge in [-0.05, 0) is 38.6 Å². The van der Waals surface area contributed by atoms with E-state index in [4.69, 9.17) is 0 Å². The van der Waals surface area contributed by atoms with E-state index in [0.717, 1.165) is 45.2 Å². The van der Waals surface area contributed by atoms with E-state index in [-0.39, 0.29) is 23.1 Å². The van der Waals surface area contributed by atoms with Crippen molar-refractivity contribution in [1.82, 2.24) is 16.0 Å². The summed E-state index contributed by atoms with van der Waals surface area (Å²) in [4.78, 5) is 23.7. The number of carbonyl (C=O) groups is 2. The van der Waals surface area contributed by atoms with E-state index >= 15 is 0 Å². The van der Waals surface area contributed by atoms with Gasteiger partial charge >= 0.3 is 0 Å². The van der Waals surface area contributed by atoms with Crippen LogP contribution in [0.5, 0.6) is 0 Å². The molecule has 5 nitrogen and oxygen atoms in total. The zero-order valence-electron chi connectivity index (χ0n) is 11.8. The molecule has 1 heterocycles. The van der Waals surface area contributed by atoms with Crippen molar-refractivity contribution < 1.29 is 9.59 Å². The fraction of sp³-hybridized carbons (Fsp3) is 0.857. The third kappa shape index (κ3) is 3.69. The van der Waals surface area contributed by atoms with Gasteiger partial charge in [-0.1, -0.05) is 6.92 Å². The first-order chi connectivity index (χ1) is 9.18. The summed E-state index contributed by atoms with van der Waals surface area (Å²) >= 11 is 0. The lowest BCUT2D eigenvalue weighted by Crippen LogP contribution is -2.51. The van der Waals surface area contributed by atoms with Crippen molar-refractivity contribution in [2.75, 3.05) is 26.2 Å². The molecule has 2 amide bonds. The molecule has 1 aliphatic heterocycles. The molecule has 2 rings (SSSR count). The lowest BCUT2D eigenvalue weighted by molar-refractivity contribution is -0.132. The van der Waals surface area contributed by atoms with Crippen LogP contribution in [0.3, 0.4) is 0 Å². The van der Waals surface area contributed by atoms with E-state index in [9.17, 15) is 9.59 Å². The number of piperidine rings is 1. The first-order valence-electron chi connectivity index (χ1n) is 7.45. The quantitative estimate of drug-likeness (QED) is 0.610. The van der Waals surface area contributed by atoms with Gasteiger partial charge in [0.2, 0.25) is 11.8 Å². The molecule has 1 saturated heterocycles. The van der Waals surface area contributed by atoms with Gasteiger partial charge in [0, 0.05) is 25.6 Å². The molecule has 0 aromatic heterocycles. The Bertz CT molecular complexity index is 334. The monoisotopic (exact) mass is 267 g/mol. The van der Waals surface area contributed by atoms with Crippen LogP contribution in [-0.4, -0.2) is 38.0 Å². The van der Waals surface area contributed by atoms with Crippen molar-refractivity contribution in [2.24, 2.45) is 11.3 Å². The van der Waals surface area contributed by atoms with E-state index in [1.807, 2.05) is 0 Å². The molecular weight excluding hydrogens is 242 g/mol. The number of hydrogen-bond acceptors (Lipinski definition) is 3. The third-order valence-corrected chi connectivity index (χ3v) is 4.29. The van der Waals surface area contributed by atoms with Crippen molar-refractivity contribution >= 4 is 11.8 Å². The van der Waals surface area contributed by atoms with Crippen LogP contribution >= 0.6 is 0 Å². The molecule has 1 atom stereocenters. The maximum atomic E-state index is 12.3. The van der Waals surface area contributed by atoms with E-state index < -0.39 is 0 Å². The van der Waals surface area contributed by atoms with Crippen molar-refractivity contribution in [2.45, 2.75) is 39.0 Å². The van der Waals surface area contributed by atoms with Gasteiger partial charge in [-0.2, -0.15) is 0 Å². The van der Waals surface area contributed by atoms with Gasteiger partial charge in [-0.3, -0.25) is 9.59 Å². The summed E-state index contributed by atoms with van der Waals surface area (Å²) in [5.41, 5.74) is -0.251. The standard InChI is InChI=1S/C14H25N3O2/c1-2-14(6-3-7-15-10-14)13(19)17-9-8-16-12(18)11-4-5-11/h11,15H,2-10H2,1H3,(H,16,18)(H,17,19). The van der Waals surface area contributed by atoms with Gasteiger partial charge in [0.1, 0.15) is 0 Å². The summed E-state index contributed by atoms with van der Waals surface area (Å²) in [5, 5.41) is 9.14. The molecule has 19 heavy (non-hydrogen) atoms. The molecule has 5 heteroatoms. The fourth-order valence-corrected chi connectivity index (χ4v) is 2.66. The summed E-state index contributed by atoms with van der Waals surface area (Å²) in [7, 11) is 0. The topological polar surface area (TPSA) is 70.2 Å². The second-order valence-corrected chi connectivity index (χ2v) is 5.74. The predicted molar refractivity (Wildman–Crippen MR) is 73.6 cm³/mol. The highest BCUT2D eigenvalue weighted by molar-refractivity contribution is 5.83. The molecule has 108 valence electrons. The van der Waals surface area contributed by atoms with Crippen molar-refractivity contribution in [1.29, 1.82) is 0 Å². The molecule has 0 aromatic carbocycles. The zero-order chi connectivity index (χ0) is 13.7. The summed E-state index contributed by atoms with van der Waals surface area (Å²) in [6, 6.07) is 0. The maximum Gasteiger partial charge on any atom is 0.227 e. The SMILES string of the molecule is CCC1(C(=O)NCCNC(=O)C2CC2)CCCNC1. The van der Waals surface area contributed by atoms with Crippen LogP contribution in [-0.2, 0) is 9.59 Å². The molecule has 3 N–H and O–H groups in total. The Labute approximate surface area is 114 Å². The Morgan fingerprint density at radius 2 is 2.00 bits per heavy atom. The highest BCUT2D eigenvalue weighted by Crippen LogP contribution is 2.30. The molecule has 0 spiro atoms. The summed E-state index contributed by atoms with van der Waals surface area (Å²) in [6.45, 7) is 4.91. The lowest BCUT2D eigenvalue weighted by atomic mass is 9.77. The molecule has 2 aliphatic rings. The molecule has 0 aromatic rings. The Hall–Kier alpha value is -1.10. The van der Waals surface area contributed by atoms with Crippen molar-refractivity contribution in [3.8, 4) is 0 Å². The van der Waals surface area contributed by atoms with Crippen molar-refractivity contribution in [3.05, 3.63) is 0 Å². The number of amides is 2. The first-order valence-corrected chi connectivity index (χ1v) is 7.45. The van der Waals surface area contributed by atoms with Crippen LogP contribution in [0.4, 0.5) is 0 Å². The highest BCUT2D eigenvalue weighted by Gasteiger charge is 2.37. The van der Waals surface area contributed by atoms with Crippen LogP contribution in [0.1, 0.15) is 39.0 Å². The van der Waals surface area contributed by atoms with Crippen LogP contribution in [0.2, 0.25) is 0 Å². The molecule has 1 unspecified atom stereocenters. The number of carbonyl (C=O) groups excluding carboxylic acids is 2. The summed E-state index contributed by atoms with van der Waals surface area (Å²) < 4.78 is 0. The minimum absolute atomic E-state index is 0.128. The molecule has 2 fully saturated rings. The lowest BCUT2D eigenvalue weighted by Gasteiger charge is -2.35. The van der Waals surface area contributed by atoms with Gasteiger partial charge in [0.05, 0.1) is 5.41 Å². The van der Waals surface area contributed by atoms with Gasteiger partial charge in [0.25, 0.3) is 0 Å². The predicted octanol–water partition coefficient (Wildman–Crippen LogP) is 0.409. The largest absolute Gasteiger partial charge is 0.354 e. The molecule has 0 bridgehead atoms. The van der Waals surface area contributed by atoms with E-state index in [0.29, 0.717) is 13.1 Å². The first kappa shape index (κ1) is 14.3. The van der Waals surface area contributed by atoms with Gasteiger partial charge in [0.15, 0.2) is 0 Å². The molecular formula is C14H25N3O2. The van der Waals surface area contributed by atoms with E-state index in [2.05, 4.69) is 22.9 Å². The average Bonchev–Trinajstić information content (AvgIpc) is 3.28. The highest BCUT2D eigenvalue weighted by atomic mass is 16.2. The van der Waals surface area contributed by atoms with Crippen LogP contribution in [0.15, 0.2) is 0 Å². The van der Waals surface area contributed by atoms with Crippen molar-refractivity contribution in [3.63, 3.8) is 0 Å². The minimum Gasteiger partial charge on any atom is -0.354 e. The van der Waals surface area contributed by atoms with E-state index in [1.54, 1.807) is 0 Å². The number of nitrogens with one attached hydrogen (secondary N) is 3. The van der Waals surface area contributed by atoms with Gasteiger partial charge in [-0.15, -0.1) is 0 Å². The summed E-state index contributed by atoms with van der Waals surface area (Å²) in [5.74, 6) is 0.502. The number of rotatable bonds is 6. The third-order valence-electron chi connectivity index (χ3n) is 4.29. The fourth-order valence-electron chi connectivity index (χ4n) is 2.66. The maximum absolute atomic E-state index is 12.3. The molecule has 1 aliphatic carbocycles. The van der Waals surface area contributed by atoms with Crippen LogP contribution in [0.25, 0.3) is 0 Å².